The molecule has 0 bridgehead atoms. The number of hydrogen-bond acceptors (Lipinski definition) is 5. The molecule has 0 spiro atoms. The highest BCUT2D eigenvalue weighted by Crippen LogP contribution is 2.40. The third-order valence-corrected chi connectivity index (χ3v) is 5.98. The van der Waals surface area contributed by atoms with E-state index in [-0.39, 0.29) is 11.8 Å². The van der Waals surface area contributed by atoms with Gasteiger partial charge < -0.3 is 14.4 Å². The molecule has 2 heterocycles. The number of nitrogens with zero attached hydrogens (tertiary/aromatic N) is 2. The van der Waals surface area contributed by atoms with Crippen molar-refractivity contribution in [2.45, 2.75) is 13.3 Å². The Morgan fingerprint density at radius 2 is 1.67 bits per heavy atom. The Bertz CT molecular complexity index is 1260. The maximum absolute atomic E-state index is 13.8. The Morgan fingerprint density at radius 3 is 2.42 bits per heavy atom. The van der Waals surface area contributed by atoms with Crippen LogP contribution in [0.2, 0.25) is 0 Å². The summed E-state index contributed by atoms with van der Waals surface area (Å²) in [5.41, 5.74) is 4.08. The number of para-hydroxylation sites is 1. The van der Waals surface area contributed by atoms with Crippen LogP contribution in [0, 0.1) is 0 Å². The standard InChI is InChI=1S/C27H24N2O4/c1-3-33-21-13-11-19(12-14-21)24-25(28-16-15-18-7-4-5-10-23(18)28)27(31)29(26(24)30)20-8-6-9-22(17-20)32-2/h4-14,17H,3,15-16H2,1-2H3. The fourth-order valence-corrected chi connectivity index (χ4v) is 4.47. The van der Waals surface area contributed by atoms with Crippen molar-refractivity contribution >= 4 is 28.8 Å². The molecule has 3 aromatic rings. The molecule has 6 nitrogen and oxygen atoms in total. The lowest BCUT2D eigenvalue weighted by Crippen LogP contribution is -2.34. The van der Waals surface area contributed by atoms with Crippen molar-refractivity contribution in [2.24, 2.45) is 0 Å². The fraction of sp³-hybridized carbons (Fsp3) is 0.185. The third-order valence-electron chi connectivity index (χ3n) is 5.98. The first-order valence-electron chi connectivity index (χ1n) is 11.0. The highest BCUT2D eigenvalue weighted by Gasteiger charge is 2.44. The normalized spacial score (nSPS) is 15.3. The quantitative estimate of drug-likeness (QED) is 0.531. The average Bonchev–Trinajstić information content (AvgIpc) is 3.37. The number of carbonyl (C=O) groups is 2. The van der Waals surface area contributed by atoms with Gasteiger partial charge in [0.2, 0.25) is 0 Å². The van der Waals surface area contributed by atoms with Gasteiger partial charge in [0.05, 0.1) is 25.0 Å². The number of ether oxygens (including phenoxy) is 2. The smallest absolute Gasteiger partial charge is 0.282 e. The molecule has 2 amide bonds. The molecule has 2 aliphatic heterocycles. The van der Waals surface area contributed by atoms with E-state index in [1.807, 2.05) is 54.3 Å². The Balaban J connectivity index is 1.64. The summed E-state index contributed by atoms with van der Waals surface area (Å²) >= 11 is 0. The van der Waals surface area contributed by atoms with Gasteiger partial charge in [0.25, 0.3) is 11.8 Å². The molecule has 0 unspecified atom stereocenters. The van der Waals surface area contributed by atoms with Gasteiger partial charge in [-0.1, -0.05) is 36.4 Å². The number of anilines is 2. The zero-order valence-corrected chi connectivity index (χ0v) is 18.6. The van der Waals surface area contributed by atoms with Crippen LogP contribution in [0.4, 0.5) is 11.4 Å². The molecule has 0 fully saturated rings. The average molecular weight is 440 g/mol. The van der Waals surface area contributed by atoms with Gasteiger partial charge in [-0.05, 0) is 54.8 Å². The summed E-state index contributed by atoms with van der Waals surface area (Å²) in [6.07, 6.45) is 0.816. The molecular formula is C27H24N2O4. The zero-order chi connectivity index (χ0) is 22.9. The van der Waals surface area contributed by atoms with Crippen molar-refractivity contribution in [3.05, 3.63) is 89.6 Å². The maximum atomic E-state index is 13.8. The van der Waals surface area contributed by atoms with Crippen LogP contribution in [0.1, 0.15) is 18.1 Å². The van der Waals surface area contributed by atoms with Crippen LogP contribution in [0.15, 0.2) is 78.5 Å². The van der Waals surface area contributed by atoms with Crippen molar-refractivity contribution < 1.29 is 19.1 Å². The summed E-state index contributed by atoms with van der Waals surface area (Å²) in [7, 11) is 1.56. The highest BCUT2D eigenvalue weighted by atomic mass is 16.5. The summed E-state index contributed by atoms with van der Waals surface area (Å²) in [4.78, 5) is 30.8. The number of fused-ring (bicyclic) bond motifs is 1. The largest absolute Gasteiger partial charge is 0.497 e. The molecule has 3 aromatic carbocycles. The van der Waals surface area contributed by atoms with Gasteiger partial charge >= 0.3 is 0 Å². The summed E-state index contributed by atoms with van der Waals surface area (Å²) < 4.78 is 10.9. The van der Waals surface area contributed by atoms with Crippen LogP contribution < -0.4 is 19.3 Å². The number of hydrogen-bond donors (Lipinski definition) is 0. The first kappa shape index (κ1) is 20.8. The van der Waals surface area contributed by atoms with Gasteiger partial charge in [-0.25, -0.2) is 4.90 Å². The summed E-state index contributed by atoms with van der Waals surface area (Å²) in [6, 6.07) is 22.3. The predicted octanol–water partition coefficient (Wildman–Crippen LogP) is 4.44. The minimum atomic E-state index is -0.350. The van der Waals surface area contributed by atoms with Crippen LogP contribution in [0.3, 0.4) is 0 Å². The number of carbonyl (C=O) groups excluding carboxylic acids is 2. The number of benzene rings is 3. The van der Waals surface area contributed by atoms with Gasteiger partial charge in [-0.15, -0.1) is 0 Å². The van der Waals surface area contributed by atoms with Crippen LogP contribution in [-0.4, -0.2) is 32.1 Å². The molecule has 6 heteroatoms. The lowest BCUT2D eigenvalue weighted by Gasteiger charge is -2.22. The van der Waals surface area contributed by atoms with Crippen LogP contribution in [-0.2, 0) is 16.0 Å². The second-order valence-electron chi connectivity index (χ2n) is 7.86. The van der Waals surface area contributed by atoms with Crippen LogP contribution in [0.25, 0.3) is 5.57 Å². The Kier molecular flexibility index (Phi) is 5.34. The minimum absolute atomic E-state index is 0.339. The van der Waals surface area contributed by atoms with E-state index in [1.165, 1.54) is 4.90 Å². The molecule has 0 aliphatic carbocycles. The van der Waals surface area contributed by atoms with E-state index < -0.39 is 0 Å². The van der Waals surface area contributed by atoms with Gasteiger partial charge in [0.15, 0.2) is 0 Å². The van der Waals surface area contributed by atoms with E-state index in [4.69, 9.17) is 9.47 Å². The molecule has 5 rings (SSSR count). The molecule has 0 saturated carbocycles. The van der Waals surface area contributed by atoms with Crippen molar-refractivity contribution in [2.75, 3.05) is 30.1 Å². The van der Waals surface area contributed by atoms with Gasteiger partial charge in [-0.2, -0.15) is 0 Å². The van der Waals surface area contributed by atoms with Gasteiger partial charge in [0.1, 0.15) is 17.2 Å². The molecule has 166 valence electrons. The highest BCUT2D eigenvalue weighted by molar-refractivity contribution is 6.46. The number of methoxy groups -OCH3 is 1. The lowest BCUT2D eigenvalue weighted by molar-refractivity contribution is -0.120. The Morgan fingerprint density at radius 1 is 0.879 bits per heavy atom. The summed E-state index contributed by atoms with van der Waals surface area (Å²) in [5.74, 6) is 0.609. The van der Waals surface area contributed by atoms with Gasteiger partial charge in [0, 0.05) is 18.3 Å². The van der Waals surface area contributed by atoms with Crippen molar-refractivity contribution in [1.29, 1.82) is 0 Å². The predicted molar refractivity (Wildman–Crippen MR) is 128 cm³/mol. The van der Waals surface area contributed by atoms with E-state index in [9.17, 15) is 9.59 Å². The van der Waals surface area contributed by atoms with Crippen LogP contribution in [0.5, 0.6) is 11.5 Å². The van der Waals surface area contributed by atoms with Crippen molar-refractivity contribution in [3.8, 4) is 11.5 Å². The Labute approximate surface area is 192 Å². The molecule has 0 saturated heterocycles. The SMILES string of the molecule is CCOc1ccc(C2=C(N3CCc4ccccc43)C(=O)N(c3cccc(OC)c3)C2=O)cc1. The van der Waals surface area contributed by atoms with Crippen LogP contribution >= 0.6 is 0 Å². The van der Waals surface area contributed by atoms with Crippen molar-refractivity contribution in [1.82, 2.24) is 0 Å². The minimum Gasteiger partial charge on any atom is -0.497 e. The van der Waals surface area contributed by atoms with E-state index in [1.54, 1.807) is 31.4 Å². The summed E-state index contributed by atoms with van der Waals surface area (Å²) in [6.45, 7) is 3.11. The fourth-order valence-electron chi connectivity index (χ4n) is 4.47. The number of imide groups is 1. The maximum Gasteiger partial charge on any atom is 0.282 e. The second-order valence-corrected chi connectivity index (χ2v) is 7.86. The van der Waals surface area contributed by atoms with E-state index in [0.717, 1.165) is 23.4 Å². The first-order valence-corrected chi connectivity index (χ1v) is 11.0. The molecule has 0 radical (unpaired) electrons. The molecular weight excluding hydrogens is 416 g/mol. The number of amides is 2. The zero-order valence-electron chi connectivity index (χ0n) is 18.6. The molecule has 0 aromatic heterocycles. The van der Waals surface area contributed by atoms with E-state index in [0.29, 0.717) is 41.4 Å². The van der Waals surface area contributed by atoms with Crippen molar-refractivity contribution in [3.63, 3.8) is 0 Å². The third kappa shape index (κ3) is 3.53. The molecule has 33 heavy (non-hydrogen) atoms. The van der Waals surface area contributed by atoms with Gasteiger partial charge in [-0.3, -0.25) is 9.59 Å². The van der Waals surface area contributed by atoms with E-state index >= 15 is 0 Å². The Hall–Kier alpha value is -4.06. The first-order chi connectivity index (χ1) is 16.1. The van der Waals surface area contributed by atoms with E-state index in [2.05, 4.69) is 6.07 Å². The number of rotatable bonds is 6. The molecule has 2 aliphatic rings. The second kappa shape index (κ2) is 8.47. The lowest BCUT2D eigenvalue weighted by atomic mass is 10.0. The monoisotopic (exact) mass is 440 g/mol. The topological polar surface area (TPSA) is 59.1 Å². The molecule has 0 atom stereocenters. The molecule has 0 N–H and O–H groups in total. The summed E-state index contributed by atoms with van der Waals surface area (Å²) in [5, 5.41) is 0.